The van der Waals surface area contributed by atoms with Gasteiger partial charge >= 0.3 is 6.03 Å². The molecule has 1 fully saturated rings. The van der Waals surface area contributed by atoms with Crippen LogP contribution in [0.4, 0.5) is 4.79 Å². The van der Waals surface area contributed by atoms with Crippen LogP contribution in [-0.4, -0.2) is 84.5 Å². The van der Waals surface area contributed by atoms with Crippen molar-refractivity contribution in [2.24, 2.45) is 5.92 Å². The summed E-state index contributed by atoms with van der Waals surface area (Å²) in [5.74, 6) is 0.0671. The minimum Gasteiger partial charge on any atom is -0.349 e. The quantitative estimate of drug-likeness (QED) is 0.535. The molecule has 3 atom stereocenters. The van der Waals surface area contributed by atoms with Gasteiger partial charge in [-0.1, -0.05) is 19.1 Å². The number of urea groups is 1. The lowest BCUT2D eigenvalue weighted by molar-refractivity contribution is -0.135. The highest BCUT2D eigenvalue weighted by Gasteiger charge is 2.44. The van der Waals surface area contributed by atoms with Gasteiger partial charge in [-0.25, -0.2) is 4.79 Å². The van der Waals surface area contributed by atoms with Gasteiger partial charge in [0.05, 0.1) is 10.5 Å². The number of aromatic amines is 1. The van der Waals surface area contributed by atoms with Crippen LogP contribution < -0.4 is 5.32 Å². The topological polar surface area (TPSA) is 71.7 Å². The number of halogens is 1. The Morgan fingerprint density at radius 2 is 2.03 bits per heavy atom. The van der Waals surface area contributed by atoms with Crippen LogP contribution in [0.15, 0.2) is 22.8 Å². The van der Waals surface area contributed by atoms with E-state index in [1.54, 1.807) is 0 Å². The monoisotopic (exact) mass is 531 g/mol. The van der Waals surface area contributed by atoms with Crippen molar-refractivity contribution in [2.45, 2.75) is 51.5 Å². The summed E-state index contributed by atoms with van der Waals surface area (Å²) in [6.07, 6.45) is 3.58. The van der Waals surface area contributed by atoms with E-state index in [0.717, 1.165) is 48.9 Å². The highest BCUT2D eigenvalue weighted by Crippen LogP contribution is 2.47. The van der Waals surface area contributed by atoms with Gasteiger partial charge in [-0.15, -0.1) is 0 Å². The van der Waals surface area contributed by atoms with Crippen LogP contribution >= 0.6 is 15.9 Å². The highest BCUT2D eigenvalue weighted by atomic mass is 79.9. The minimum atomic E-state index is -0.266. The van der Waals surface area contributed by atoms with Crippen molar-refractivity contribution in [2.75, 3.05) is 46.8 Å². The summed E-state index contributed by atoms with van der Waals surface area (Å²) in [4.78, 5) is 36.3. The van der Waals surface area contributed by atoms with Crippen LogP contribution in [0, 0.1) is 5.92 Å². The Labute approximate surface area is 211 Å². The van der Waals surface area contributed by atoms with Crippen LogP contribution in [0.1, 0.15) is 50.2 Å². The predicted octanol–water partition coefficient (Wildman–Crippen LogP) is 4.18. The summed E-state index contributed by atoms with van der Waals surface area (Å²) >= 11 is 3.75. The zero-order chi connectivity index (χ0) is 24.4. The normalized spacial score (nSPS) is 22.1. The summed E-state index contributed by atoms with van der Waals surface area (Å²) in [5, 5.41) is 4.17. The third kappa shape index (κ3) is 4.90. The van der Waals surface area contributed by atoms with Crippen molar-refractivity contribution in [1.82, 2.24) is 25.0 Å². The number of imide groups is 1. The van der Waals surface area contributed by atoms with Gasteiger partial charge in [-0.3, -0.25) is 14.6 Å². The standard InChI is InChI=1S/C26H38BrN5O2/c1-5-11-31-16-17(25(33)32(26(34)28-6-2)13-8-12-30(3)4)14-19-18-9-7-10-21-23(18)20(15-22(19)31)24(27)29-21/h7,9-10,17,19,22,29H,5-6,8,11-16H2,1-4H3,(H,28,34)/t17-,19-,22-/m1/s1. The third-order valence-electron chi connectivity index (χ3n) is 7.33. The number of aromatic nitrogens is 1. The second-order valence-electron chi connectivity index (χ2n) is 9.98. The SMILES string of the molecule is CCCN1C[C@H](C(=O)N(CCCN(C)C)C(=O)NCC)C[C@@H]2c3cccc4[nH]c(Br)c(c34)C[C@H]21. The van der Waals surface area contributed by atoms with Crippen molar-refractivity contribution in [3.8, 4) is 0 Å². The van der Waals surface area contributed by atoms with E-state index in [-0.39, 0.29) is 23.8 Å². The summed E-state index contributed by atoms with van der Waals surface area (Å²) in [5.41, 5.74) is 3.84. The molecular formula is C26H38BrN5O2. The van der Waals surface area contributed by atoms with E-state index in [1.807, 2.05) is 21.0 Å². The summed E-state index contributed by atoms with van der Waals surface area (Å²) < 4.78 is 1.08. The van der Waals surface area contributed by atoms with E-state index in [9.17, 15) is 9.59 Å². The molecule has 0 unspecified atom stereocenters. The largest absolute Gasteiger partial charge is 0.349 e. The average molecular weight is 533 g/mol. The number of amides is 3. The second-order valence-corrected chi connectivity index (χ2v) is 10.8. The van der Waals surface area contributed by atoms with E-state index < -0.39 is 0 Å². The molecule has 1 aromatic carbocycles. The lowest BCUT2D eigenvalue weighted by Crippen LogP contribution is -2.55. The van der Waals surface area contributed by atoms with E-state index in [2.05, 4.69) is 61.2 Å². The number of rotatable bonds is 8. The maximum Gasteiger partial charge on any atom is 0.324 e. The second kappa shape index (κ2) is 10.8. The van der Waals surface area contributed by atoms with E-state index >= 15 is 0 Å². The maximum absolute atomic E-state index is 13.8. The molecule has 1 aliphatic heterocycles. The van der Waals surface area contributed by atoms with Crippen LogP contribution in [0.2, 0.25) is 0 Å². The zero-order valence-electron chi connectivity index (χ0n) is 20.9. The van der Waals surface area contributed by atoms with Crippen molar-refractivity contribution in [3.63, 3.8) is 0 Å². The van der Waals surface area contributed by atoms with Crippen molar-refractivity contribution < 1.29 is 9.59 Å². The fourth-order valence-corrected chi connectivity index (χ4v) is 6.46. The molecule has 1 saturated heterocycles. The van der Waals surface area contributed by atoms with Gasteiger partial charge in [-0.05, 0) is 92.9 Å². The molecule has 8 heteroatoms. The molecule has 2 heterocycles. The van der Waals surface area contributed by atoms with Gasteiger partial charge in [0.15, 0.2) is 0 Å². The number of likely N-dealkylation sites (tertiary alicyclic amines) is 1. The van der Waals surface area contributed by atoms with E-state index in [0.29, 0.717) is 25.7 Å². The molecule has 4 rings (SSSR count). The Bertz CT molecular complexity index is 1040. The molecule has 34 heavy (non-hydrogen) atoms. The zero-order valence-corrected chi connectivity index (χ0v) is 22.5. The average Bonchev–Trinajstić information content (AvgIpc) is 3.13. The third-order valence-corrected chi connectivity index (χ3v) is 8.01. The molecule has 7 nitrogen and oxygen atoms in total. The number of H-pyrrole nitrogens is 1. The fraction of sp³-hybridized carbons (Fsp3) is 0.615. The minimum absolute atomic E-state index is 0.0301. The number of piperidine rings is 1. The molecule has 186 valence electrons. The first-order valence-corrected chi connectivity index (χ1v) is 13.4. The molecular weight excluding hydrogens is 494 g/mol. The smallest absolute Gasteiger partial charge is 0.324 e. The Morgan fingerprint density at radius 3 is 2.74 bits per heavy atom. The van der Waals surface area contributed by atoms with Crippen LogP contribution in [0.5, 0.6) is 0 Å². The molecule has 0 spiro atoms. The first-order chi connectivity index (χ1) is 16.3. The molecule has 0 bridgehead atoms. The Hall–Kier alpha value is -1.90. The van der Waals surface area contributed by atoms with Crippen molar-refractivity contribution in [3.05, 3.63) is 33.9 Å². The number of fused-ring (bicyclic) bond motifs is 2. The predicted molar refractivity (Wildman–Crippen MR) is 140 cm³/mol. The summed E-state index contributed by atoms with van der Waals surface area (Å²) in [6.45, 7) is 7.57. The van der Waals surface area contributed by atoms with Gasteiger partial charge in [-0.2, -0.15) is 0 Å². The number of carbonyl (C=O) groups excluding carboxylic acids is 2. The first-order valence-electron chi connectivity index (χ1n) is 12.6. The number of benzene rings is 1. The molecule has 1 aromatic heterocycles. The van der Waals surface area contributed by atoms with Gasteiger partial charge in [0.2, 0.25) is 5.91 Å². The van der Waals surface area contributed by atoms with Crippen molar-refractivity contribution in [1.29, 1.82) is 0 Å². The Morgan fingerprint density at radius 1 is 1.24 bits per heavy atom. The fourth-order valence-electron chi connectivity index (χ4n) is 5.89. The number of nitrogens with one attached hydrogen (secondary N) is 2. The lowest BCUT2D eigenvalue weighted by Gasteiger charge is -2.47. The maximum atomic E-state index is 13.8. The van der Waals surface area contributed by atoms with Crippen molar-refractivity contribution >= 4 is 38.8 Å². The van der Waals surface area contributed by atoms with Gasteiger partial charge in [0, 0.05) is 42.5 Å². The van der Waals surface area contributed by atoms with Crippen LogP contribution in [-0.2, 0) is 11.2 Å². The number of carbonyl (C=O) groups is 2. The summed E-state index contributed by atoms with van der Waals surface area (Å²) in [6, 6.07) is 6.59. The molecule has 0 saturated carbocycles. The molecule has 2 aliphatic rings. The van der Waals surface area contributed by atoms with Crippen LogP contribution in [0.25, 0.3) is 10.9 Å². The van der Waals surface area contributed by atoms with E-state index in [4.69, 9.17) is 0 Å². The van der Waals surface area contributed by atoms with Gasteiger partial charge in [0.25, 0.3) is 0 Å². The van der Waals surface area contributed by atoms with E-state index in [1.165, 1.54) is 21.4 Å². The summed E-state index contributed by atoms with van der Waals surface area (Å²) in [7, 11) is 4.03. The highest BCUT2D eigenvalue weighted by molar-refractivity contribution is 9.10. The molecule has 3 amide bonds. The van der Waals surface area contributed by atoms with Gasteiger partial charge in [0.1, 0.15) is 0 Å². The molecule has 1 aliphatic carbocycles. The number of hydrogen-bond donors (Lipinski definition) is 2. The Balaban J connectivity index is 1.63. The number of hydrogen-bond acceptors (Lipinski definition) is 4. The number of nitrogens with zero attached hydrogens (tertiary/aromatic N) is 3. The van der Waals surface area contributed by atoms with Crippen LogP contribution in [0.3, 0.4) is 0 Å². The Kier molecular flexibility index (Phi) is 8.00. The molecule has 0 radical (unpaired) electrons. The first kappa shape index (κ1) is 25.2. The lowest BCUT2D eigenvalue weighted by atomic mass is 9.72. The molecule has 2 aromatic rings. The van der Waals surface area contributed by atoms with Gasteiger partial charge < -0.3 is 15.2 Å². The molecule has 2 N–H and O–H groups in total.